The molecule has 0 aliphatic carbocycles. The number of benzene rings is 2. The van der Waals surface area contributed by atoms with Crippen LogP contribution < -0.4 is 20.3 Å². The number of carbonyl (C=O) groups is 1. The minimum atomic E-state index is -1.22. The molecule has 0 saturated carbocycles. The van der Waals surface area contributed by atoms with Crippen molar-refractivity contribution in [3.05, 3.63) is 95.3 Å². The topological polar surface area (TPSA) is 123 Å². The Kier molecular flexibility index (Phi) is 8.64. The molecule has 3 heterocycles. The van der Waals surface area contributed by atoms with Crippen LogP contribution in [-0.4, -0.2) is 52.2 Å². The lowest BCUT2D eigenvalue weighted by Gasteiger charge is -2.37. The molecule has 5 rings (SSSR count). The van der Waals surface area contributed by atoms with Gasteiger partial charge >= 0.3 is 0 Å². The van der Waals surface area contributed by atoms with Gasteiger partial charge in [0.15, 0.2) is 5.82 Å². The van der Waals surface area contributed by atoms with Crippen LogP contribution in [0.2, 0.25) is 0 Å². The summed E-state index contributed by atoms with van der Waals surface area (Å²) in [6, 6.07) is 23.6. The zero-order valence-corrected chi connectivity index (χ0v) is 23.7. The Morgan fingerprint density at radius 3 is 2.15 bits per heavy atom. The van der Waals surface area contributed by atoms with Gasteiger partial charge in [0.1, 0.15) is 11.9 Å². The number of aliphatic hydroxyl groups excluding tert-OH is 1. The van der Waals surface area contributed by atoms with Crippen LogP contribution >= 0.6 is 0 Å². The van der Waals surface area contributed by atoms with E-state index in [1.165, 1.54) is 0 Å². The van der Waals surface area contributed by atoms with E-state index in [1.807, 2.05) is 93.6 Å². The van der Waals surface area contributed by atoms with Gasteiger partial charge in [0.2, 0.25) is 5.88 Å². The normalized spacial score (nSPS) is 19.9. The second-order valence-electron chi connectivity index (χ2n) is 11.0. The number of piperidine rings is 1. The molecule has 214 valence electrons. The number of nitrogens with one attached hydrogen (secondary N) is 3. The predicted octanol–water partition coefficient (Wildman–Crippen LogP) is 4.22. The minimum Gasteiger partial charge on any atom is -0.474 e. The Balaban J connectivity index is 1.38. The van der Waals surface area contributed by atoms with E-state index in [9.17, 15) is 15.3 Å². The summed E-state index contributed by atoms with van der Waals surface area (Å²) in [6.45, 7) is 7.17. The van der Waals surface area contributed by atoms with Crippen LogP contribution in [0.3, 0.4) is 0 Å². The summed E-state index contributed by atoms with van der Waals surface area (Å²) in [5.74, 6) is 0.771. The molecular weight excluding hydrogens is 516 g/mol. The largest absolute Gasteiger partial charge is 0.474 e. The Morgan fingerprint density at radius 1 is 1.00 bits per heavy atom. The summed E-state index contributed by atoms with van der Waals surface area (Å²) in [4.78, 5) is 14.9. The molecule has 9 heteroatoms. The van der Waals surface area contributed by atoms with Crippen LogP contribution in [0.25, 0.3) is 0 Å². The Bertz CT molecular complexity index is 1330. The highest BCUT2D eigenvalue weighted by Crippen LogP contribution is 2.33. The highest BCUT2D eigenvalue weighted by molar-refractivity contribution is 6.03. The molecule has 0 spiro atoms. The van der Waals surface area contributed by atoms with Gasteiger partial charge in [-0.3, -0.25) is 4.79 Å². The van der Waals surface area contributed by atoms with Gasteiger partial charge in [-0.2, -0.15) is 0 Å². The number of hydrogen-bond acceptors (Lipinski definition) is 8. The molecule has 1 saturated heterocycles. The molecule has 9 nitrogen and oxygen atoms in total. The van der Waals surface area contributed by atoms with Gasteiger partial charge in [-0.25, -0.2) is 0 Å². The lowest BCUT2D eigenvalue weighted by molar-refractivity contribution is -0.131. The summed E-state index contributed by atoms with van der Waals surface area (Å²) in [7, 11) is 0. The number of aliphatic hydroxyl groups is 1. The Labute approximate surface area is 241 Å². The molecule has 2 aliphatic heterocycles. The van der Waals surface area contributed by atoms with Crippen molar-refractivity contribution < 1.29 is 14.6 Å². The van der Waals surface area contributed by atoms with Crippen LogP contribution in [0, 0.1) is 17.2 Å². The van der Waals surface area contributed by atoms with Crippen LogP contribution in [-0.2, 0) is 4.79 Å². The first kappa shape index (κ1) is 28.3. The van der Waals surface area contributed by atoms with Crippen LogP contribution in [0.1, 0.15) is 50.8 Å². The highest BCUT2D eigenvalue weighted by Gasteiger charge is 2.38. The van der Waals surface area contributed by atoms with E-state index < -0.39 is 17.9 Å². The SMILES string of the molecule is CC(C)Oc1ccc(N2CCC(C(=N)C3=C(NC(c4ccccc4)c4ccccc4)NC(=O)[C@@H](O)[C@H]3C)CC2)nn1. The summed E-state index contributed by atoms with van der Waals surface area (Å²) in [5.41, 5.74) is 3.17. The summed E-state index contributed by atoms with van der Waals surface area (Å²) < 4.78 is 5.61. The molecule has 0 unspecified atom stereocenters. The zero-order valence-electron chi connectivity index (χ0n) is 23.7. The molecular formula is C32H38N6O3. The Hall–Kier alpha value is -4.24. The fourth-order valence-electron chi connectivity index (χ4n) is 5.57. The van der Waals surface area contributed by atoms with Gasteiger partial charge in [-0.15, -0.1) is 10.2 Å². The third-order valence-electron chi connectivity index (χ3n) is 7.77. The van der Waals surface area contributed by atoms with Crippen LogP contribution in [0.5, 0.6) is 5.88 Å². The molecule has 0 bridgehead atoms. The first-order chi connectivity index (χ1) is 19.8. The van der Waals surface area contributed by atoms with Crippen molar-refractivity contribution >= 4 is 17.4 Å². The van der Waals surface area contributed by atoms with Gasteiger partial charge in [-0.05, 0) is 43.9 Å². The van der Waals surface area contributed by atoms with Crippen molar-refractivity contribution in [1.29, 1.82) is 5.41 Å². The summed E-state index contributed by atoms with van der Waals surface area (Å²) in [6.07, 6.45) is 0.314. The van der Waals surface area contributed by atoms with Crippen LogP contribution in [0.4, 0.5) is 5.82 Å². The number of amides is 1. The molecule has 2 aromatic carbocycles. The van der Waals surface area contributed by atoms with E-state index >= 15 is 0 Å². The number of aromatic nitrogens is 2. The first-order valence-electron chi connectivity index (χ1n) is 14.3. The number of hydrogen-bond donors (Lipinski definition) is 4. The van der Waals surface area contributed by atoms with E-state index in [0.717, 1.165) is 42.9 Å². The van der Waals surface area contributed by atoms with Gasteiger partial charge in [0.05, 0.1) is 12.1 Å². The first-order valence-corrected chi connectivity index (χ1v) is 14.3. The standard InChI is InChI=1S/C32H38N6O3/c1-20(2)41-26-15-14-25(36-37-26)38-18-16-22(17-19-38)28(33)27-21(3)30(39)32(40)35-31(27)34-29(23-10-6-4-7-11-23)24-12-8-5-9-13-24/h4-15,20-22,29-30,33-34,39H,16-19H2,1-3H3,(H,35,40)/t21-,30-/m0/s1. The van der Waals surface area contributed by atoms with Gasteiger partial charge in [0.25, 0.3) is 5.91 Å². The molecule has 1 fully saturated rings. The highest BCUT2D eigenvalue weighted by atomic mass is 16.5. The number of carbonyl (C=O) groups excluding carboxylic acids is 1. The van der Waals surface area contributed by atoms with Crippen molar-refractivity contribution in [3.63, 3.8) is 0 Å². The third kappa shape index (κ3) is 6.41. The fourth-order valence-corrected chi connectivity index (χ4v) is 5.57. The molecule has 41 heavy (non-hydrogen) atoms. The molecule has 1 amide bonds. The molecule has 1 aromatic heterocycles. The van der Waals surface area contributed by atoms with Gasteiger partial charge in [0, 0.05) is 42.3 Å². The quantitative estimate of drug-likeness (QED) is 0.292. The lowest BCUT2D eigenvalue weighted by Crippen LogP contribution is -2.50. The maximum atomic E-state index is 12.8. The number of anilines is 1. The monoisotopic (exact) mass is 554 g/mol. The van der Waals surface area contributed by atoms with Crippen molar-refractivity contribution in [1.82, 2.24) is 20.8 Å². The smallest absolute Gasteiger partial charge is 0.254 e. The average Bonchev–Trinajstić information content (AvgIpc) is 2.99. The van der Waals surface area contributed by atoms with Crippen LogP contribution in [0.15, 0.2) is 84.2 Å². The van der Waals surface area contributed by atoms with Gasteiger partial charge in [-0.1, -0.05) is 67.6 Å². The van der Waals surface area contributed by atoms with Crippen molar-refractivity contribution in [3.8, 4) is 5.88 Å². The molecule has 2 atom stereocenters. The van der Waals surface area contributed by atoms with Crippen molar-refractivity contribution in [2.24, 2.45) is 11.8 Å². The van der Waals surface area contributed by atoms with E-state index in [2.05, 4.69) is 25.7 Å². The van der Waals surface area contributed by atoms with Crippen molar-refractivity contribution in [2.75, 3.05) is 18.0 Å². The second kappa shape index (κ2) is 12.5. The number of ether oxygens (including phenoxy) is 1. The third-order valence-corrected chi connectivity index (χ3v) is 7.77. The number of rotatable bonds is 9. The fraction of sp³-hybridized carbons (Fsp3) is 0.375. The lowest BCUT2D eigenvalue weighted by atomic mass is 9.80. The minimum absolute atomic E-state index is 0.0221. The zero-order chi connectivity index (χ0) is 28.9. The second-order valence-corrected chi connectivity index (χ2v) is 11.0. The van der Waals surface area contributed by atoms with E-state index in [4.69, 9.17) is 4.74 Å². The molecule has 3 aromatic rings. The van der Waals surface area contributed by atoms with Crippen molar-refractivity contribution in [2.45, 2.75) is 51.9 Å². The Morgan fingerprint density at radius 2 is 1.61 bits per heavy atom. The molecule has 4 N–H and O–H groups in total. The summed E-state index contributed by atoms with van der Waals surface area (Å²) >= 11 is 0. The molecule has 2 aliphatic rings. The maximum Gasteiger partial charge on any atom is 0.254 e. The summed E-state index contributed by atoms with van der Waals surface area (Å²) in [5, 5.41) is 35.0. The van der Waals surface area contributed by atoms with Gasteiger partial charge < -0.3 is 30.8 Å². The van der Waals surface area contributed by atoms with E-state index in [1.54, 1.807) is 0 Å². The number of nitrogens with zero attached hydrogens (tertiary/aromatic N) is 3. The maximum absolute atomic E-state index is 12.8. The van der Waals surface area contributed by atoms with E-state index in [0.29, 0.717) is 23.0 Å². The molecule has 0 radical (unpaired) electrons. The average molecular weight is 555 g/mol. The van der Waals surface area contributed by atoms with E-state index in [-0.39, 0.29) is 18.1 Å². The predicted molar refractivity (Wildman–Crippen MR) is 159 cm³/mol.